The van der Waals surface area contributed by atoms with Gasteiger partial charge in [-0.1, -0.05) is 12.8 Å². The molecule has 0 saturated heterocycles. The molecule has 0 unspecified atom stereocenters. The summed E-state index contributed by atoms with van der Waals surface area (Å²) in [6.07, 6.45) is 3.86. The average Bonchev–Trinajstić information content (AvgIpc) is 3.14. The molecule has 0 aromatic heterocycles. The lowest BCUT2D eigenvalue weighted by Crippen LogP contribution is -2.32. The number of ether oxygens (including phenoxy) is 1. The molecule has 0 radical (unpaired) electrons. The lowest BCUT2D eigenvalue weighted by Gasteiger charge is -2.13. The van der Waals surface area contributed by atoms with Crippen LogP contribution in [0.4, 0.5) is 5.69 Å². The highest BCUT2D eigenvalue weighted by Gasteiger charge is 2.23. The summed E-state index contributed by atoms with van der Waals surface area (Å²) in [4.78, 5) is 12.5. The smallest absolute Gasteiger partial charge is 0.255 e. The first-order valence-electron chi connectivity index (χ1n) is 8.56. The van der Waals surface area contributed by atoms with Crippen LogP contribution in [0.5, 0.6) is 5.75 Å². The highest BCUT2D eigenvalue weighted by Crippen LogP contribution is 2.21. The normalized spacial score (nSPS) is 15.0. The van der Waals surface area contributed by atoms with Gasteiger partial charge >= 0.3 is 0 Å². The van der Waals surface area contributed by atoms with E-state index >= 15 is 0 Å². The van der Waals surface area contributed by atoms with Gasteiger partial charge in [-0.2, -0.15) is 0 Å². The number of nitrogens with one attached hydrogen (secondary N) is 2. The Labute approximate surface area is 153 Å². The number of amides is 1. The molecule has 3 rings (SSSR count). The molecule has 26 heavy (non-hydrogen) atoms. The second-order valence-corrected chi connectivity index (χ2v) is 8.02. The Kier molecular flexibility index (Phi) is 5.58. The zero-order chi connectivity index (χ0) is 18.6. The third kappa shape index (κ3) is 4.42. The molecule has 0 heterocycles. The van der Waals surface area contributed by atoms with Crippen molar-refractivity contribution in [2.75, 3.05) is 12.4 Å². The van der Waals surface area contributed by atoms with Crippen LogP contribution in [0.15, 0.2) is 53.4 Å². The molecule has 1 fully saturated rings. The number of carbonyl (C=O) groups excluding carboxylic acids is 1. The lowest BCUT2D eigenvalue weighted by molar-refractivity contribution is 0.102. The van der Waals surface area contributed by atoms with E-state index in [1.807, 2.05) is 0 Å². The largest absolute Gasteiger partial charge is 0.497 e. The number of methoxy groups -OCH3 is 1. The molecule has 2 aromatic rings. The Morgan fingerprint density at radius 3 is 2.19 bits per heavy atom. The summed E-state index contributed by atoms with van der Waals surface area (Å²) >= 11 is 0. The van der Waals surface area contributed by atoms with Gasteiger partial charge in [-0.25, -0.2) is 13.1 Å². The minimum Gasteiger partial charge on any atom is -0.497 e. The summed E-state index contributed by atoms with van der Waals surface area (Å²) in [7, 11) is -1.97. The maximum Gasteiger partial charge on any atom is 0.255 e. The van der Waals surface area contributed by atoms with E-state index in [1.54, 1.807) is 31.4 Å². The fourth-order valence-corrected chi connectivity index (χ4v) is 4.30. The minimum atomic E-state index is -3.55. The van der Waals surface area contributed by atoms with Crippen LogP contribution in [0.1, 0.15) is 36.0 Å². The van der Waals surface area contributed by atoms with Crippen LogP contribution in [0.25, 0.3) is 0 Å². The average molecular weight is 374 g/mol. The first-order chi connectivity index (χ1) is 12.5. The summed E-state index contributed by atoms with van der Waals surface area (Å²) in [6.45, 7) is 0. The quantitative estimate of drug-likeness (QED) is 0.813. The monoisotopic (exact) mass is 374 g/mol. The van der Waals surface area contributed by atoms with Gasteiger partial charge in [0.2, 0.25) is 10.0 Å². The highest BCUT2D eigenvalue weighted by atomic mass is 32.2. The molecule has 6 nitrogen and oxygen atoms in total. The number of benzene rings is 2. The van der Waals surface area contributed by atoms with E-state index in [0.29, 0.717) is 17.0 Å². The molecule has 1 saturated carbocycles. The second kappa shape index (κ2) is 7.88. The van der Waals surface area contributed by atoms with Crippen LogP contribution in [-0.2, 0) is 10.0 Å². The molecular formula is C19H22N2O4S. The van der Waals surface area contributed by atoms with E-state index in [2.05, 4.69) is 10.0 Å². The SMILES string of the molecule is COc1ccc(NC(=O)c2ccc(S(=O)(=O)NC3CCCC3)cc2)cc1. The summed E-state index contributed by atoms with van der Waals surface area (Å²) in [5, 5.41) is 2.77. The molecule has 1 aliphatic carbocycles. The predicted molar refractivity (Wildman–Crippen MR) is 100.0 cm³/mol. The fourth-order valence-electron chi connectivity index (χ4n) is 2.99. The van der Waals surface area contributed by atoms with Gasteiger partial charge in [0.25, 0.3) is 5.91 Å². The number of rotatable bonds is 6. The number of hydrogen-bond donors (Lipinski definition) is 2. The zero-order valence-electron chi connectivity index (χ0n) is 14.6. The van der Waals surface area contributed by atoms with Crippen molar-refractivity contribution >= 4 is 21.6 Å². The van der Waals surface area contributed by atoms with Crippen LogP contribution in [0.2, 0.25) is 0 Å². The van der Waals surface area contributed by atoms with E-state index in [9.17, 15) is 13.2 Å². The van der Waals surface area contributed by atoms with Gasteiger partial charge in [0.05, 0.1) is 12.0 Å². The van der Waals surface area contributed by atoms with Crippen molar-refractivity contribution in [3.05, 3.63) is 54.1 Å². The Bertz CT molecular complexity index is 855. The van der Waals surface area contributed by atoms with E-state index < -0.39 is 10.0 Å². The van der Waals surface area contributed by atoms with Crippen LogP contribution in [0.3, 0.4) is 0 Å². The van der Waals surface area contributed by atoms with Crippen molar-refractivity contribution in [1.82, 2.24) is 4.72 Å². The third-order valence-electron chi connectivity index (χ3n) is 4.45. The topological polar surface area (TPSA) is 84.5 Å². The Balaban J connectivity index is 1.66. The van der Waals surface area contributed by atoms with Gasteiger partial charge in [0, 0.05) is 17.3 Å². The summed E-state index contributed by atoms with van der Waals surface area (Å²) in [5.74, 6) is 0.398. The number of hydrogen-bond acceptors (Lipinski definition) is 4. The highest BCUT2D eigenvalue weighted by molar-refractivity contribution is 7.89. The molecule has 0 spiro atoms. The van der Waals surface area contributed by atoms with Crippen molar-refractivity contribution in [2.24, 2.45) is 0 Å². The number of anilines is 1. The fraction of sp³-hybridized carbons (Fsp3) is 0.316. The van der Waals surface area contributed by atoms with E-state index in [-0.39, 0.29) is 16.8 Å². The summed E-state index contributed by atoms with van der Waals surface area (Å²) < 4.78 is 32.6. The summed E-state index contributed by atoms with van der Waals surface area (Å²) in [6, 6.07) is 12.9. The predicted octanol–water partition coefficient (Wildman–Crippen LogP) is 3.17. The molecule has 0 atom stereocenters. The molecule has 1 aliphatic rings. The van der Waals surface area contributed by atoms with Crippen molar-refractivity contribution in [3.63, 3.8) is 0 Å². The number of sulfonamides is 1. The van der Waals surface area contributed by atoms with Gasteiger partial charge in [-0.05, 0) is 61.4 Å². The van der Waals surface area contributed by atoms with Crippen LogP contribution in [-0.4, -0.2) is 27.5 Å². The molecule has 138 valence electrons. The maximum atomic E-state index is 12.4. The zero-order valence-corrected chi connectivity index (χ0v) is 15.4. The van der Waals surface area contributed by atoms with Crippen molar-refractivity contribution in [1.29, 1.82) is 0 Å². The van der Waals surface area contributed by atoms with E-state index in [4.69, 9.17) is 4.74 Å². The molecule has 7 heteroatoms. The van der Waals surface area contributed by atoms with Gasteiger partial charge < -0.3 is 10.1 Å². The maximum absolute atomic E-state index is 12.4. The second-order valence-electron chi connectivity index (χ2n) is 6.31. The van der Waals surface area contributed by atoms with Gasteiger partial charge in [-0.3, -0.25) is 4.79 Å². The summed E-state index contributed by atoms with van der Waals surface area (Å²) in [5.41, 5.74) is 1.02. The Morgan fingerprint density at radius 1 is 1.00 bits per heavy atom. The molecule has 2 N–H and O–H groups in total. The van der Waals surface area contributed by atoms with Gasteiger partial charge in [0.1, 0.15) is 5.75 Å². The molecule has 0 aliphatic heterocycles. The van der Waals surface area contributed by atoms with Crippen molar-refractivity contribution in [3.8, 4) is 5.75 Å². The molecule has 2 aromatic carbocycles. The Hall–Kier alpha value is -2.38. The van der Waals surface area contributed by atoms with Gasteiger partial charge in [-0.15, -0.1) is 0 Å². The first kappa shape index (κ1) is 18.4. The Morgan fingerprint density at radius 2 is 1.62 bits per heavy atom. The van der Waals surface area contributed by atoms with Crippen LogP contribution >= 0.6 is 0 Å². The lowest BCUT2D eigenvalue weighted by atomic mass is 10.2. The van der Waals surface area contributed by atoms with E-state index in [1.165, 1.54) is 24.3 Å². The molecule has 1 amide bonds. The minimum absolute atomic E-state index is 0.0121. The van der Waals surface area contributed by atoms with E-state index in [0.717, 1.165) is 25.7 Å². The number of carbonyl (C=O) groups is 1. The van der Waals surface area contributed by atoms with Crippen molar-refractivity contribution < 1.29 is 17.9 Å². The van der Waals surface area contributed by atoms with Crippen molar-refractivity contribution in [2.45, 2.75) is 36.6 Å². The van der Waals surface area contributed by atoms with Crippen LogP contribution < -0.4 is 14.8 Å². The standard InChI is InChI=1S/C19H22N2O4S/c1-25-17-10-8-15(9-11-17)20-19(22)14-6-12-18(13-7-14)26(23,24)21-16-4-2-3-5-16/h6-13,16,21H,2-5H2,1H3,(H,20,22). The van der Waals surface area contributed by atoms with Crippen LogP contribution in [0, 0.1) is 0 Å². The molecule has 0 bridgehead atoms. The first-order valence-corrected chi connectivity index (χ1v) is 10.0. The van der Waals surface area contributed by atoms with Gasteiger partial charge in [0.15, 0.2) is 0 Å². The molecular weight excluding hydrogens is 352 g/mol. The third-order valence-corrected chi connectivity index (χ3v) is 5.99.